The number of hydrogen-bond donors (Lipinski definition) is 1. The van der Waals surface area contributed by atoms with Crippen LogP contribution in [0.5, 0.6) is 5.75 Å². The fraction of sp³-hybridized carbons (Fsp3) is 0.185. The van der Waals surface area contributed by atoms with E-state index in [1.807, 2.05) is 23.1 Å². The van der Waals surface area contributed by atoms with Crippen LogP contribution >= 0.6 is 0 Å². The summed E-state index contributed by atoms with van der Waals surface area (Å²) in [6.07, 6.45) is 0. The van der Waals surface area contributed by atoms with Crippen LogP contribution in [0, 0.1) is 11.6 Å². The summed E-state index contributed by atoms with van der Waals surface area (Å²) in [5.74, 6) is 0.598. The third kappa shape index (κ3) is 5.87. The molecule has 188 valence electrons. The van der Waals surface area contributed by atoms with Gasteiger partial charge in [0.25, 0.3) is 5.56 Å². The molecule has 0 saturated heterocycles. The van der Waals surface area contributed by atoms with Gasteiger partial charge in [0.1, 0.15) is 17.4 Å². The third-order valence-corrected chi connectivity index (χ3v) is 6.06. The molecule has 0 aliphatic carbocycles. The molecule has 5 rings (SSSR count). The number of hydrogen-bond acceptors (Lipinski definition) is 6. The van der Waals surface area contributed by atoms with Crippen LogP contribution in [0.1, 0.15) is 22.5 Å². The number of rotatable bonds is 9. The lowest BCUT2D eigenvalue weighted by Gasteiger charge is -2.22. The van der Waals surface area contributed by atoms with Crippen molar-refractivity contribution in [1.29, 1.82) is 0 Å². The van der Waals surface area contributed by atoms with E-state index in [2.05, 4.69) is 20.5 Å². The SMILES string of the molecule is COc1ccc2cc(CN(Cc3ccc(F)cc3)Cc3nnnn3Cc3ccc(F)cc3)c(=O)[nH]c2c1. The third-order valence-electron chi connectivity index (χ3n) is 6.06. The Morgan fingerprint density at radius 1 is 0.892 bits per heavy atom. The maximum absolute atomic E-state index is 13.5. The average Bonchev–Trinajstić information content (AvgIpc) is 3.33. The first kappa shape index (κ1) is 24.3. The normalized spacial score (nSPS) is 11.4. The summed E-state index contributed by atoms with van der Waals surface area (Å²) in [4.78, 5) is 17.9. The summed E-state index contributed by atoms with van der Waals surface area (Å²) < 4.78 is 33.7. The molecule has 0 amide bonds. The highest BCUT2D eigenvalue weighted by molar-refractivity contribution is 5.80. The number of aromatic amines is 1. The van der Waals surface area contributed by atoms with Crippen molar-refractivity contribution in [2.75, 3.05) is 7.11 Å². The van der Waals surface area contributed by atoms with Crippen molar-refractivity contribution in [2.45, 2.75) is 26.2 Å². The molecule has 0 bridgehead atoms. The number of nitrogens with one attached hydrogen (secondary N) is 1. The van der Waals surface area contributed by atoms with Crippen molar-refractivity contribution in [3.05, 3.63) is 117 Å². The molecular weight excluding hydrogens is 478 g/mol. The van der Waals surface area contributed by atoms with Crippen molar-refractivity contribution in [3.63, 3.8) is 0 Å². The van der Waals surface area contributed by atoms with Crippen molar-refractivity contribution < 1.29 is 13.5 Å². The van der Waals surface area contributed by atoms with Crippen LogP contribution in [0.25, 0.3) is 10.9 Å². The summed E-state index contributed by atoms with van der Waals surface area (Å²) in [7, 11) is 1.57. The van der Waals surface area contributed by atoms with Crippen molar-refractivity contribution in [2.24, 2.45) is 0 Å². The highest BCUT2D eigenvalue weighted by Crippen LogP contribution is 2.20. The zero-order valence-electron chi connectivity index (χ0n) is 20.1. The number of fused-ring (bicyclic) bond motifs is 1. The maximum Gasteiger partial charge on any atom is 0.252 e. The quantitative estimate of drug-likeness (QED) is 0.327. The van der Waals surface area contributed by atoms with E-state index < -0.39 is 0 Å². The number of nitrogens with zero attached hydrogens (tertiary/aromatic N) is 5. The number of halogens is 2. The van der Waals surface area contributed by atoms with Gasteiger partial charge in [-0.25, -0.2) is 13.5 Å². The van der Waals surface area contributed by atoms with Crippen LogP contribution in [-0.4, -0.2) is 37.2 Å². The van der Waals surface area contributed by atoms with E-state index in [-0.39, 0.29) is 17.2 Å². The zero-order valence-corrected chi connectivity index (χ0v) is 20.1. The highest BCUT2D eigenvalue weighted by Gasteiger charge is 2.16. The lowest BCUT2D eigenvalue weighted by Crippen LogP contribution is -2.28. The molecule has 0 aliphatic rings. The van der Waals surface area contributed by atoms with Gasteiger partial charge in [-0.1, -0.05) is 24.3 Å². The molecule has 2 heterocycles. The van der Waals surface area contributed by atoms with E-state index in [0.29, 0.717) is 48.8 Å². The van der Waals surface area contributed by atoms with Crippen LogP contribution in [0.2, 0.25) is 0 Å². The van der Waals surface area contributed by atoms with E-state index in [9.17, 15) is 13.6 Å². The van der Waals surface area contributed by atoms with Gasteiger partial charge in [0.15, 0.2) is 5.82 Å². The first-order chi connectivity index (χ1) is 18.0. The van der Waals surface area contributed by atoms with Gasteiger partial charge in [0.2, 0.25) is 0 Å². The molecular formula is C27H24F2N6O2. The molecule has 5 aromatic rings. The molecule has 0 atom stereocenters. The molecule has 37 heavy (non-hydrogen) atoms. The minimum absolute atomic E-state index is 0.212. The van der Waals surface area contributed by atoms with E-state index in [1.165, 1.54) is 24.3 Å². The number of aromatic nitrogens is 5. The minimum atomic E-state index is -0.319. The molecule has 0 fully saturated rings. The second kappa shape index (κ2) is 10.7. The van der Waals surface area contributed by atoms with Gasteiger partial charge in [-0.2, -0.15) is 0 Å². The Kier molecular flexibility index (Phi) is 7.00. The van der Waals surface area contributed by atoms with E-state index in [1.54, 1.807) is 42.1 Å². The molecule has 0 unspecified atom stereocenters. The first-order valence-corrected chi connectivity index (χ1v) is 11.6. The molecule has 0 radical (unpaired) electrons. The monoisotopic (exact) mass is 502 g/mol. The molecule has 2 aromatic heterocycles. The molecule has 0 spiro atoms. The molecule has 0 saturated carbocycles. The van der Waals surface area contributed by atoms with Crippen molar-refractivity contribution >= 4 is 10.9 Å². The first-order valence-electron chi connectivity index (χ1n) is 11.6. The van der Waals surface area contributed by atoms with Crippen LogP contribution in [0.4, 0.5) is 8.78 Å². The van der Waals surface area contributed by atoms with Crippen LogP contribution in [-0.2, 0) is 26.2 Å². The Hall–Kier alpha value is -4.44. The Bertz CT molecular complexity index is 1570. The fourth-order valence-corrected chi connectivity index (χ4v) is 4.15. The summed E-state index contributed by atoms with van der Waals surface area (Å²) in [5, 5.41) is 13.0. The highest BCUT2D eigenvalue weighted by atomic mass is 19.1. The Labute approximate surface area is 211 Å². The van der Waals surface area contributed by atoms with Crippen LogP contribution < -0.4 is 10.3 Å². The molecule has 8 nitrogen and oxygen atoms in total. The topological polar surface area (TPSA) is 88.9 Å². The number of tetrazole rings is 1. The second-order valence-electron chi connectivity index (χ2n) is 8.73. The average molecular weight is 503 g/mol. The number of pyridine rings is 1. The van der Waals surface area contributed by atoms with Gasteiger partial charge < -0.3 is 9.72 Å². The Morgan fingerprint density at radius 3 is 2.30 bits per heavy atom. The van der Waals surface area contributed by atoms with Gasteiger partial charge >= 0.3 is 0 Å². The predicted molar refractivity (Wildman–Crippen MR) is 134 cm³/mol. The number of methoxy groups -OCH3 is 1. The lowest BCUT2D eigenvalue weighted by molar-refractivity contribution is 0.236. The predicted octanol–water partition coefficient (Wildman–Crippen LogP) is 4.05. The molecule has 10 heteroatoms. The van der Waals surface area contributed by atoms with Crippen molar-refractivity contribution in [3.8, 4) is 5.75 Å². The Morgan fingerprint density at radius 2 is 1.59 bits per heavy atom. The van der Waals surface area contributed by atoms with Gasteiger partial charge in [-0.3, -0.25) is 9.69 Å². The summed E-state index contributed by atoms with van der Waals surface area (Å²) in [6, 6.07) is 19.7. The van der Waals surface area contributed by atoms with Crippen LogP contribution in [0.15, 0.2) is 77.6 Å². The van der Waals surface area contributed by atoms with Gasteiger partial charge in [0.05, 0.1) is 25.7 Å². The number of ether oxygens (including phenoxy) is 1. The lowest BCUT2D eigenvalue weighted by atomic mass is 10.1. The van der Waals surface area contributed by atoms with Crippen molar-refractivity contribution in [1.82, 2.24) is 30.1 Å². The van der Waals surface area contributed by atoms with Gasteiger partial charge in [-0.15, -0.1) is 5.10 Å². The zero-order chi connectivity index (χ0) is 25.8. The number of benzene rings is 3. The summed E-state index contributed by atoms with van der Waals surface area (Å²) in [5.41, 5.74) is 2.76. The van der Waals surface area contributed by atoms with E-state index in [4.69, 9.17) is 4.74 Å². The Balaban J connectivity index is 1.43. The summed E-state index contributed by atoms with van der Waals surface area (Å²) in [6.45, 7) is 1.43. The standard InChI is InChI=1S/C27H24F2N6O2/c1-37-24-11-6-20-12-21(27(36)30-25(20)13-24)16-34(14-18-2-7-22(28)8-3-18)17-26-31-32-33-35(26)15-19-4-9-23(29)10-5-19/h2-13H,14-17H2,1H3,(H,30,36). The minimum Gasteiger partial charge on any atom is -0.497 e. The smallest absolute Gasteiger partial charge is 0.252 e. The van der Waals surface area contributed by atoms with Gasteiger partial charge in [-0.05, 0) is 69.4 Å². The molecule has 1 N–H and O–H groups in total. The largest absolute Gasteiger partial charge is 0.497 e. The number of H-pyrrole nitrogens is 1. The second-order valence-corrected chi connectivity index (χ2v) is 8.73. The molecule has 0 aliphatic heterocycles. The molecule has 3 aromatic carbocycles. The van der Waals surface area contributed by atoms with Crippen LogP contribution in [0.3, 0.4) is 0 Å². The summed E-state index contributed by atoms with van der Waals surface area (Å²) >= 11 is 0. The fourth-order valence-electron chi connectivity index (χ4n) is 4.15. The van der Waals surface area contributed by atoms with Gasteiger partial charge in [0, 0.05) is 24.7 Å². The van der Waals surface area contributed by atoms with E-state index >= 15 is 0 Å². The van der Waals surface area contributed by atoms with E-state index in [0.717, 1.165) is 16.5 Å². The maximum atomic E-state index is 13.5.